The molecule has 0 atom stereocenters. The Morgan fingerprint density at radius 1 is 0.320 bits per heavy atom. The van der Waals surface area contributed by atoms with Gasteiger partial charge in [-0.05, 0) is 207 Å². The number of thiophene rings is 6. The van der Waals surface area contributed by atoms with Crippen LogP contribution in [0.2, 0.25) is 0 Å². The molecule has 4 bridgehead atoms. The van der Waals surface area contributed by atoms with Crippen LogP contribution in [-0.2, 0) is 27.0 Å². The van der Waals surface area contributed by atoms with E-state index in [9.17, 15) is 0 Å². The summed E-state index contributed by atoms with van der Waals surface area (Å²) >= 11 is 13.4. The van der Waals surface area contributed by atoms with Crippen LogP contribution in [0.4, 0.5) is 0 Å². The molecule has 0 aliphatic heterocycles. The average Bonchev–Trinajstić information content (AvgIpc) is 0.814. The Balaban J connectivity index is 0.000000135. The van der Waals surface area contributed by atoms with Crippen LogP contribution in [0, 0.1) is 17.8 Å². The Bertz CT molecular complexity index is 5090. The Kier molecular flexibility index (Phi) is 40.6. The first-order chi connectivity index (χ1) is 62.1. The molecule has 18 heteroatoms. The van der Waals surface area contributed by atoms with E-state index in [0.717, 1.165) is 38.9 Å². The van der Waals surface area contributed by atoms with Crippen LogP contribution in [0.1, 0.15) is 50.8 Å². The maximum atomic E-state index is 8.48. The third-order valence-electron chi connectivity index (χ3n) is 21.4. The van der Waals surface area contributed by atoms with Gasteiger partial charge < -0.3 is 24.8 Å². The average molecular weight is 2020 g/mol. The summed E-state index contributed by atoms with van der Waals surface area (Å²) < 4.78 is 11.7. The molecule has 0 saturated heterocycles. The van der Waals surface area contributed by atoms with Crippen LogP contribution in [0.25, 0.3) is 20.9 Å². The van der Waals surface area contributed by atoms with Crippen molar-refractivity contribution < 1.29 is 39.9 Å². The number of ether oxygens (including phenoxy) is 2. The molecule has 650 valence electrons. The van der Waals surface area contributed by atoms with Crippen molar-refractivity contribution in [1.29, 1.82) is 0 Å². The van der Waals surface area contributed by atoms with Crippen molar-refractivity contribution in [3.05, 3.63) is 460 Å². The summed E-state index contributed by atoms with van der Waals surface area (Å²) in [4.78, 5) is 4.20. The van der Waals surface area contributed by atoms with E-state index in [4.69, 9.17) is 19.5 Å². The molecule has 0 radical (unpaired) electrons. The smallest absolute Gasteiger partial charge is 0.487 e. The van der Waals surface area contributed by atoms with Crippen LogP contribution in [0.15, 0.2) is 455 Å². The molecule has 6 heterocycles. The monoisotopic (exact) mass is 2020 g/mol. The molecule has 5 nitrogen and oxygen atoms in total. The topological polar surface area (TPSA) is 71.0 Å². The Labute approximate surface area is 809 Å². The van der Waals surface area contributed by atoms with E-state index in [0.29, 0.717) is 10.3 Å². The third kappa shape index (κ3) is 29.4. The second-order valence-electron chi connectivity index (χ2n) is 30.2. The third-order valence-corrected chi connectivity index (χ3v) is 37.4. The molecular weight excluding hydrogens is 1910 g/mol. The molecule has 0 spiro atoms. The van der Waals surface area contributed by atoms with E-state index < -0.39 is 38.8 Å². The molecule has 0 unspecified atom stereocenters. The minimum Gasteiger partial charge on any atom is -0.487 e. The van der Waals surface area contributed by atoms with Crippen molar-refractivity contribution in [3.8, 4) is 31.0 Å². The van der Waals surface area contributed by atoms with Crippen LogP contribution in [0.3, 0.4) is 0 Å². The van der Waals surface area contributed by atoms with E-state index in [-0.39, 0.29) is 27.8 Å². The molecule has 4 aliphatic carbocycles. The molecule has 4 aliphatic rings. The second-order valence-corrected chi connectivity index (χ2v) is 45.6. The predicted octanol–water partition coefficient (Wildman–Crippen LogP) is 25.4. The van der Waals surface area contributed by atoms with Crippen LogP contribution in [0.5, 0.6) is 10.1 Å². The maximum Gasteiger partial charge on any atom is 0.499 e. The first-order valence-corrected chi connectivity index (χ1v) is 53.6. The molecule has 22 rings (SSSR count). The van der Waals surface area contributed by atoms with Gasteiger partial charge in [0.05, 0.1) is 14.2 Å². The first-order valence-electron chi connectivity index (χ1n) is 42.1. The molecule has 4 fully saturated rings. The summed E-state index contributed by atoms with van der Waals surface area (Å²) in [6.07, 6.45) is 8.93. The quantitative estimate of drug-likeness (QED) is 0.0524. The first kappa shape index (κ1) is 98.3. The van der Waals surface area contributed by atoms with E-state index in [1.807, 2.05) is 34.1 Å². The minimum atomic E-state index is -1.30. The second kappa shape index (κ2) is 52.9. The fourth-order valence-corrected chi connectivity index (χ4v) is 30.4. The summed E-state index contributed by atoms with van der Waals surface area (Å²) in [7, 11) is 0.283. The van der Waals surface area contributed by atoms with Gasteiger partial charge in [-0.3, -0.25) is 0 Å². The van der Waals surface area contributed by atoms with Gasteiger partial charge in [-0.2, -0.15) is 11.3 Å². The van der Waals surface area contributed by atoms with Gasteiger partial charge in [0, 0.05) is 90.4 Å². The Morgan fingerprint density at radius 2 is 0.570 bits per heavy atom. The van der Waals surface area contributed by atoms with Crippen molar-refractivity contribution in [2.75, 3.05) is 14.2 Å². The Morgan fingerprint density at radius 3 is 0.781 bits per heavy atom. The van der Waals surface area contributed by atoms with Crippen molar-refractivity contribution >= 4 is 191 Å². The molecule has 3 N–H and O–H groups in total. The van der Waals surface area contributed by atoms with Gasteiger partial charge in [-0.15, -0.1) is 56.7 Å². The zero-order valence-corrected chi connectivity index (χ0v) is 82.3. The zero-order chi connectivity index (χ0) is 86.6. The van der Waals surface area contributed by atoms with E-state index >= 15 is 0 Å². The minimum absolute atomic E-state index is 0. The van der Waals surface area contributed by atoms with Gasteiger partial charge in [0.15, 0.2) is 10.1 Å². The number of methoxy groups -OCH3 is 2. The molecule has 128 heavy (non-hydrogen) atoms. The normalized spacial score (nSPS) is 14.6. The molecular formula is C110H105BBrNO4P4PdS6. The number of hydrogen-bond donors (Lipinski definition) is 3. The van der Waals surface area contributed by atoms with Crippen molar-refractivity contribution in [2.24, 2.45) is 17.8 Å². The van der Waals surface area contributed by atoms with Gasteiger partial charge >= 0.3 is 7.12 Å². The summed E-state index contributed by atoms with van der Waals surface area (Å²) in [6.45, 7) is 1.07. The summed E-state index contributed by atoms with van der Waals surface area (Å²) in [5.41, 5.74) is 3.15. The molecule has 6 aromatic heterocycles. The standard InChI is InChI=1S/C19H23NS2.4C18H15P.C9H8OS2.C5H5BrOS.C4H5BO2S.CH4.Pd/c1-2-18(21-3-1)16-7-17(22-12-16)11-20-19-8-13-4-14(9-19)6-15(5-13)10-19;4*1-4-10-16(11-5-1)19(17-12-6-2-7-13-17)18-14-8-3-9-15-18;1-10-9-5-7(6-12-9)8-3-2-4-11-8;1-7-5-2-4(6)3-8-5;6-5(7)4-2-1-3-8-4;;/h1-3,7,12-15,20H,4-6,8-11H2;4*1-15H;2-6H,1H3;2-3H,1H3;1-3,6-7H;1H4;. The molecule has 4 saturated carbocycles. The number of hydrogen-bond acceptors (Lipinski definition) is 11. The van der Waals surface area contributed by atoms with Gasteiger partial charge in [0.1, 0.15) is 0 Å². The number of halogens is 1. The molecule has 18 aromatic rings. The van der Waals surface area contributed by atoms with Crippen LogP contribution < -0.4 is 83.2 Å². The van der Waals surface area contributed by atoms with Crippen molar-refractivity contribution in [3.63, 3.8) is 0 Å². The summed E-state index contributed by atoms with van der Waals surface area (Å²) in [5.74, 6) is 3.09. The maximum absolute atomic E-state index is 8.48. The fraction of sp³-hybridized carbons (Fsp3) is 0.127. The SMILES string of the molecule is C.COc1cc(-c2cccs2)cs1.COc1cc(Br)cs1.OB(O)c1cccs1.[Pd].c1ccc(P(c2ccccc2)c2ccccc2)cc1.c1ccc(P(c2ccccc2)c2ccccc2)cc1.c1ccc(P(c2ccccc2)c2ccccc2)cc1.c1ccc(P(c2ccccc2)c2ccccc2)cc1.c1csc(-c2csc(CNC34CC5CC(CC(C5)C3)C4)c2)c1. The van der Waals surface area contributed by atoms with E-state index in [1.54, 1.807) is 65.7 Å². The zero-order valence-electron chi connectivity index (χ0n) is 70.7. The van der Waals surface area contributed by atoms with Crippen molar-refractivity contribution in [1.82, 2.24) is 5.32 Å². The summed E-state index contributed by atoms with van der Waals surface area (Å²) in [5, 5.41) is 52.1. The number of nitrogens with one attached hydrogen (secondary N) is 1. The van der Waals surface area contributed by atoms with Gasteiger partial charge in [-0.1, -0.05) is 396 Å². The Hall–Kier alpha value is -8.75. The predicted molar refractivity (Wildman–Crippen MR) is 570 cm³/mol. The van der Waals surface area contributed by atoms with Gasteiger partial charge in [0.25, 0.3) is 0 Å². The molecule has 12 aromatic carbocycles. The van der Waals surface area contributed by atoms with Gasteiger partial charge in [0.2, 0.25) is 0 Å². The van der Waals surface area contributed by atoms with E-state index in [1.165, 1.54) is 139 Å². The van der Waals surface area contributed by atoms with Crippen LogP contribution in [-0.4, -0.2) is 36.9 Å². The van der Waals surface area contributed by atoms with Gasteiger partial charge in [-0.25, -0.2) is 0 Å². The molecule has 0 amide bonds. The fourth-order valence-electron chi connectivity index (χ4n) is 16.2. The number of rotatable bonds is 20. The number of benzene rings is 12. The largest absolute Gasteiger partial charge is 0.499 e. The summed E-state index contributed by atoms with van der Waals surface area (Å²) in [6, 6.07) is 148. The van der Waals surface area contributed by atoms with E-state index in [2.05, 4.69) is 443 Å². The van der Waals surface area contributed by atoms with Crippen molar-refractivity contribution in [2.45, 2.75) is 58.0 Å². The van der Waals surface area contributed by atoms with Crippen LogP contribution >= 0.6 is 116 Å².